The van der Waals surface area contributed by atoms with Crippen LogP contribution in [0, 0.1) is 12.7 Å². The molecule has 1 aromatic carbocycles. The third-order valence-corrected chi connectivity index (χ3v) is 3.90. The molecule has 1 nitrogen and oxygen atoms in total. The molecule has 0 aliphatic heterocycles. The highest BCUT2D eigenvalue weighted by Crippen LogP contribution is 2.22. The quantitative estimate of drug-likeness (QED) is 0.545. The van der Waals surface area contributed by atoms with E-state index in [1.807, 2.05) is 0 Å². The molecule has 0 radical (unpaired) electrons. The van der Waals surface area contributed by atoms with Crippen LogP contribution >= 0.6 is 0 Å². The summed E-state index contributed by atoms with van der Waals surface area (Å²) >= 11 is 0. The number of halogens is 1. The van der Waals surface area contributed by atoms with Crippen molar-refractivity contribution in [3.05, 3.63) is 35.1 Å². The van der Waals surface area contributed by atoms with E-state index < -0.39 is 6.10 Å². The molecule has 0 saturated heterocycles. The highest BCUT2D eigenvalue weighted by Gasteiger charge is 2.08. The van der Waals surface area contributed by atoms with Crippen LogP contribution in [0.15, 0.2) is 18.2 Å². The third kappa shape index (κ3) is 6.51. The van der Waals surface area contributed by atoms with Crippen LogP contribution in [0.25, 0.3) is 0 Å². The van der Waals surface area contributed by atoms with Gasteiger partial charge in [0.15, 0.2) is 0 Å². The van der Waals surface area contributed by atoms with Crippen molar-refractivity contribution in [1.82, 2.24) is 0 Å². The van der Waals surface area contributed by atoms with Crippen molar-refractivity contribution in [3.63, 3.8) is 0 Å². The molecule has 0 aliphatic rings. The Morgan fingerprint density at radius 2 is 1.60 bits per heavy atom. The lowest BCUT2D eigenvalue weighted by molar-refractivity contribution is 0.163. The van der Waals surface area contributed by atoms with Gasteiger partial charge in [-0.05, 0) is 30.5 Å². The molecule has 0 heterocycles. The van der Waals surface area contributed by atoms with Crippen LogP contribution in [0.5, 0.6) is 0 Å². The van der Waals surface area contributed by atoms with Crippen LogP contribution in [0.3, 0.4) is 0 Å². The van der Waals surface area contributed by atoms with Gasteiger partial charge >= 0.3 is 0 Å². The Bertz CT molecular complexity index is 376. The van der Waals surface area contributed by atoms with E-state index in [0.29, 0.717) is 5.56 Å². The Morgan fingerprint density at radius 1 is 1.00 bits per heavy atom. The van der Waals surface area contributed by atoms with Gasteiger partial charge in [0.1, 0.15) is 5.82 Å². The predicted molar refractivity (Wildman–Crippen MR) is 83.3 cm³/mol. The van der Waals surface area contributed by atoms with Crippen LogP contribution in [-0.4, -0.2) is 5.11 Å². The van der Waals surface area contributed by atoms with Gasteiger partial charge in [-0.25, -0.2) is 4.39 Å². The first-order chi connectivity index (χ1) is 9.65. The van der Waals surface area contributed by atoms with Gasteiger partial charge in [0.2, 0.25) is 0 Å². The zero-order chi connectivity index (χ0) is 14.8. The Labute approximate surface area is 123 Å². The second kappa shape index (κ2) is 9.93. The van der Waals surface area contributed by atoms with Gasteiger partial charge in [0, 0.05) is 0 Å². The average molecular weight is 280 g/mol. The monoisotopic (exact) mass is 280 g/mol. The van der Waals surface area contributed by atoms with Crippen LogP contribution in [0.2, 0.25) is 0 Å². The molecule has 0 spiro atoms. The standard InChI is InChI=1S/C18H29FO/c1-3-4-5-6-7-8-9-10-11-18(20)16-12-13-17(19)15(2)14-16/h12-14,18,20H,3-11H2,1-2H3. The second-order valence-corrected chi connectivity index (χ2v) is 5.79. The van der Waals surface area contributed by atoms with Crippen molar-refractivity contribution in [2.45, 2.75) is 77.7 Å². The Morgan fingerprint density at radius 3 is 2.20 bits per heavy atom. The van der Waals surface area contributed by atoms with Gasteiger partial charge < -0.3 is 5.11 Å². The number of aliphatic hydroxyl groups is 1. The number of rotatable bonds is 10. The molecule has 2 heteroatoms. The van der Waals surface area contributed by atoms with Crippen molar-refractivity contribution in [1.29, 1.82) is 0 Å². The molecule has 0 fully saturated rings. The normalized spacial score (nSPS) is 12.6. The van der Waals surface area contributed by atoms with Gasteiger partial charge in [-0.15, -0.1) is 0 Å². The summed E-state index contributed by atoms with van der Waals surface area (Å²) < 4.78 is 13.2. The first-order valence-electron chi connectivity index (χ1n) is 8.09. The summed E-state index contributed by atoms with van der Waals surface area (Å²) in [6.45, 7) is 3.97. The number of benzene rings is 1. The highest BCUT2D eigenvalue weighted by molar-refractivity contribution is 5.25. The number of aliphatic hydroxyl groups excluding tert-OH is 1. The van der Waals surface area contributed by atoms with Gasteiger partial charge in [-0.3, -0.25) is 0 Å². The molecule has 20 heavy (non-hydrogen) atoms. The highest BCUT2D eigenvalue weighted by atomic mass is 19.1. The molecule has 0 amide bonds. The maximum Gasteiger partial charge on any atom is 0.126 e. The van der Waals surface area contributed by atoms with Gasteiger partial charge in [0.25, 0.3) is 0 Å². The lowest BCUT2D eigenvalue weighted by Gasteiger charge is -2.12. The fraction of sp³-hybridized carbons (Fsp3) is 0.667. The minimum absolute atomic E-state index is 0.201. The van der Waals surface area contributed by atoms with Crippen LogP contribution in [0.4, 0.5) is 4.39 Å². The number of hydrogen-bond acceptors (Lipinski definition) is 1. The maximum absolute atomic E-state index is 13.2. The van der Waals surface area contributed by atoms with Gasteiger partial charge in [0.05, 0.1) is 6.10 Å². The molecule has 0 aliphatic carbocycles. The van der Waals surface area contributed by atoms with E-state index in [2.05, 4.69) is 6.92 Å². The SMILES string of the molecule is CCCCCCCCCCC(O)c1ccc(F)c(C)c1. The Balaban J connectivity index is 2.13. The fourth-order valence-corrected chi connectivity index (χ4v) is 2.51. The summed E-state index contributed by atoms with van der Waals surface area (Å²) in [4.78, 5) is 0. The van der Waals surface area contributed by atoms with Crippen molar-refractivity contribution < 1.29 is 9.50 Å². The fourth-order valence-electron chi connectivity index (χ4n) is 2.51. The average Bonchev–Trinajstić information content (AvgIpc) is 2.44. The lowest BCUT2D eigenvalue weighted by Crippen LogP contribution is -1.99. The molecule has 1 unspecified atom stereocenters. The second-order valence-electron chi connectivity index (χ2n) is 5.79. The van der Waals surface area contributed by atoms with Crippen molar-refractivity contribution >= 4 is 0 Å². The van der Waals surface area contributed by atoms with Gasteiger partial charge in [-0.2, -0.15) is 0 Å². The molecular weight excluding hydrogens is 251 g/mol. The van der Waals surface area contributed by atoms with Crippen molar-refractivity contribution in [2.75, 3.05) is 0 Å². The summed E-state index contributed by atoms with van der Waals surface area (Å²) in [5, 5.41) is 10.1. The lowest BCUT2D eigenvalue weighted by atomic mass is 10.0. The van der Waals surface area contributed by atoms with E-state index in [-0.39, 0.29) is 5.82 Å². The molecule has 1 atom stereocenters. The summed E-state index contributed by atoms with van der Waals surface area (Å²) in [6.07, 6.45) is 10.5. The molecule has 0 saturated carbocycles. The van der Waals surface area contributed by atoms with E-state index in [9.17, 15) is 9.50 Å². The summed E-state index contributed by atoms with van der Waals surface area (Å²) in [6, 6.07) is 4.89. The van der Waals surface area contributed by atoms with E-state index in [0.717, 1.165) is 18.4 Å². The molecule has 0 bridgehead atoms. The first kappa shape index (κ1) is 17.2. The molecule has 0 aromatic heterocycles. The summed E-state index contributed by atoms with van der Waals surface area (Å²) in [7, 11) is 0. The third-order valence-electron chi connectivity index (χ3n) is 3.90. The van der Waals surface area contributed by atoms with Crippen LogP contribution in [-0.2, 0) is 0 Å². The van der Waals surface area contributed by atoms with Crippen LogP contribution < -0.4 is 0 Å². The molecule has 1 aromatic rings. The van der Waals surface area contributed by atoms with E-state index >= 15 is 0 Å². The maximum atomic E-state index is 13.2. The number of aryl methyl sites for hydroxylation is 1. The molecular formula is C18H29FO. The van der Waals surface area contributed by atoms with Crippen molar-refractivity contribution in [3.8, 4) is 0 Å². The summed E-state index contributed by atoms with van der Waals surface area (Å²) in [5.74, 6) is -0.201. The largest absolute Gasteiger partial charge is 0.388 e. The number of unbranched alkanes of at least 4 members (excludes halogenated alkanes) is 7. The smallest absolute Gasteiger partial charge is 0.126 e. The molecule has 114 valence electrons. The van der Waals surface area contributed by atoms with Crippen LogP contribution in [0.1, 0.15) is 81.9 Å². The first-order valence-corrected chi connectivity index (χ1v) is 8.09. The molecule has 1 N–H and O–H groups in total. The zero-order valence-corrected chi connectivity index (χ0v) is 13.0. The van der Waals surface area contributed by atoms with Gasteiger partial charge in [-0.1, -0.05) is 70.4 Å². The predicted octanol–water partition coefficient (Wildman–Crippen LogP) is 5.70. The van der Waals surface area contributed by atoms with Crippen molar-refractivity contribution in [2.24, 2.45) is 0 Å². The minimum Gasteiger partial charge on any atom is -0.388 e. The molecule has 1 rings (SSSR count). The van der Waals surface area contributed by atoms with E-state index in [1.54, 1.807) is 19.1 Å². The summed E-state index contributed by atoms with van der Waals surface area (Å²) in [5.41, 5.74) is 1.45. The zero-order valence-electron chi connectivity index (χ0n) is 13.0. The topological polar surface area (TPSA) is 20.2 Å². The number of hydrogen-bond donors (Lipinski definition) is 1. The van der Waals surface area contributed by atoms with E-state index in [4.69, 9.17) is 0 Å². The minimum atomic E-state index is -0.450. The Hall–Kier alpha value is -0.890. The van der Waals surface area contributed by atoms with E-state index in [1.165, 1.54) is 51.0 Å². The Kier molecular flexibility index (Phi) is 8.52.